The van der Waals surface area contributed by atoms with Gasteiger partial charge in [-0.1, -0.05) is 0 Å². The zero-order chi connectivity index (χ0) is 21.3. The quantitative estimate of drug-likeness (QED) is 0.769. The van der Waals surface area contributed by atoms with E-state index in [2.05, 4.69) is 15.2 Å². The Hall–Kier alpha value is -1.74. The molecule has 1 aromatic rings. The fourth-order valence-electron chi connectivity index (χ4n) is 4.96. The highest BCUT2D eigenvalue weighted by Crippen LogP contribution is 2.30. The van der Waals surface area contributed by atoms with Crippen molar-refractivity contribution in [1.82, 2.24) is 19.6 Å². The lowest BCUT2D eigenvalue weighted by molar-refractivity contribution is -0.127. The summed E-state index contributed by atoms with van der Waals surface area (Å²) in [5.74, 6) is 1.95. The van der Waals surface area contributed by atoms with Crippen LogP contribution in [-0.2, 0) is 27.7 Å². The Bertz CT molecular complexity index is 888. The largest absolute Gasteiger partial charge is 0.356 e. The van der Waals surface area contributed by atoms with Crippen molar-refractivity contribution in [2.45, 2.75) is 64.3 Å². The van der Waals surface area contributed by atoms with Crippen LogP contribution in [-0.4, -0.2) is 67.1 Å². The lowest BCUT2D eigenvalue weighted by atomic mass is 9.94. The Labute approximate surface area is 179 Å². The molecule has 8 nitrogen and oxygen atoms in total. The van der Waals surface area contributed by atoms with Gasteiger partial charge in [-0.25, -0.2) is 22.7 Å². The van der Waals surface area contributed by atoms with Gasteiger partial charge in [-0.2, -0.15) is 0 Å². The van der Waals surface area contributed by atoms with Crippen LogP contribution in [0, 0.1) is 12.8 Å². The molecule has 3 heterocycles. The molecule has 166 valence electrons. The van der Waals surface area contributed by atoms with E-state index in [1.807, 2.05) is 6.92 Å². The minimum absolute atomic E-state index is 0.0804. The SMILES string of the molecule is Cc1nc2c(c(N3CCC(NC(=O)C4CCN(S(C)(=O)=O)CC4)CC3)n1)CCCC2. The number of hydrogen-bond acceptors (Lipinski definition) is 6. The molecule has 0 atom stereocenters. The highest BCUT2D eigenvalue weighted by molar-refractivity contribution is 7.88. The van der Waals surface area contributed by atoms with Gasteiger partial charge >= 0.3 is 0 Å². The summed E-state index contributed by atoms with van der Waals surface area (Å²) in [6.07, 6.45) is 8.78. The average molecular weight is 436 g/mol. The average Bonchev–Trinajstić information content (AvgIpc) is 2.73. The Balaban J connectivity index is 1.31. The Morgan fingerprint density at radius 1 is 1.00 bits per heavy atom. The minimum Gasteiger partial charge on any atom is -0.356 e. The molecule has 0 radical (unpaired) electrons. The van der Waals surface area contributed by atoms with Gasteiger partial charge < -0.3 is 10.2 Å². The molecule has 2 aliphatic heterocycles. The third-order valence-corrected chi connectivity index (χ3v) is 8.01. The zero-order valence-corrected chi connectivity index (χ0v) is 18.9. The van der Waals surface area contributed by atoms with Gasteiger partial charge in [0.25, 0.3) is 0 Å². The number of anilines is 1. The van der Waals surface area contributed by atoms with Crippen molar-refractivity contribution in [2.75, 3.05) is 37.3 Å². The van der Waals surface area contributed by atoms with Crippen LogP contribution >= 0.6 is 0 Å². The predicted octanol–water partition coefficient (Wildman–Crippen LogP) is 1.42. The van der Waals surface area contributed by atoms with Crippen LogP contribution in [0.5, 0.6) is 0 Å². The molecule has 9 heteroatoms. The number of hydrogen-bond donors (Lipinski definition) is 1. The van der Waals surface area contributed by atoms with Gasteiger partial charge in [0.15, 0.2) is 0 Å². The number of aromatic nitrogens is 2. The topological polar surface area (TPSA) is 95.5 Å². The molecule has 0 saturated carbocycles. The van der Waals surface area contributed by atoms with E-state index in [0.717, 1.165) is 50.4 Å². The van der Waals surface area contributed by atoms with Gasteiger partial charge in [0.1, 0.15) is 11.6 Å². The van der Waals surface area contributed by atoms with E-state index in [0.29, 0.717) is 25.9 Å². The summed E-state index contributed by atoms with van der Waals surface area (Å²) in [5.41, 5.74) is 2.55. The molecule has 30 heavy (non-hydrogen) atoms. The summed E-state index contributed by atoms with van der Waals surface area (Å²) in [4.78, 5) is 24.5. The monoisotopic (exact) mass is 435 g/mol. The first-order valence-electron chi connectivity index (χ1n) is 11.2. The minimum atomic E-state index is -3.16. The Morgan fingerprint density at radius 2 is 1.67 bits per heavy atom. The number of nitrogens with zero attached hydrogens (tertiary/aromatic N) is 4. The molecule has 1 N–H and O–H groups in total. The summed E-state index contributed by atoms with van der Waals surface area (Å²) in [7, 11) is -3.16. The van der Waals surface area contributed by atoms with E-state index in [9.17, 15) is 13.2 Å². The van der Waals surface area contributed by atoms with Crippen molar-refractivity contribution < 1.29 is 13.2 Å². The molecule has 1 aromatic heterocycles. The number of rotatable bonds is 4. The van der Waals surface area contributed by atoms with Crippen LogP contribution in [0.25, 0.3) is 0 Å². The summed E-state index contributed by atoms with van der Waals surface area (Å²) >= 11 is 0. The molecular formula is C21H33N5O3S. The zero-order valence-electron chi connectivity index (χ0n) is 18.1. The summed E-state index contributed by atoms with van der Waals surface area (Å²) < 4.78 is 24.8. The second kappa shape index (κ2) is 8.78. The van der Waals surface area contributed by atoms with Gasteiger partial charge in [-0.05, 0) is 58.3 Å². The number of carbonyl (C=O) groups excluding carboxylic acids is 1. The molecule has 4 rings (SSSR count). The molecule has 0 unspecified atom stereocenters. The van der Waals surface area contributed by atoms with Crippen molar-refractivity contribution in [1.29, 1.82) is 0 Å². The van der Waals surface area contributed by atoms with E-state index in [1.165, 1.54) is 34.7 Å². The number of fused-ring (bicyclic) bond motifs is 1. The molecule has 1 amide bonds. The highest BCUT2D eigenvalue weighted by atomic mass is 32.2. The molecule has 2 saturated heterocycles. The maximum Gasteiger partial charge on any atom is 0.223 e. The lowest BCUT2D eigenvalue weighted by Gasteiger charge is -2.36. The second-order valence-corrected chi connectivity index (χ2v) is 10.9. The number of amides is 1. The molecule has 0 aromatic carbocycles. The summed E-state index contributed by atoms with van der Waals surface area (Å²) in [5, 5.41) is 3.22. The molecule has 0 bridgehead atoms. The van der Waals surface area contributed by atoms with Gasteiger partial charge in [-0.3, -0.25) is 4.79 Å². The number of piperidine rings is 2. The highest BCUT2D eigenvalue weighted by Gasteiger charge is 2.31. The number of carbonyl (C=O) groups is 1. The van der Waals surface area contributed by atoms with E-state index in [4.69, 9.17) is 4.98 Å². The first-order chi connectivity index (χ1) is 14.3. The normalized spacial score (nSPS) is 22.0. The number of aryl methyl sites for hydroxylation is 2. The van der Waals surface area contributed by atoms with Gasteiger partial charge in [0.2, 0.25) is 15.9 Å². The smallest absolute Gasteiger partial charge is 0.223 e. The van der Waals surface area contributed by atoms with Crippen molar-refractivity contribution in [2.24, 2.45) is 5.92 Å². The summed E-state index contributed by atoms with van der Waals surface area (Å²) in [6.45, 7) is 4.63. The maximum atomic E-state index is 12.7. The predicted molar refractivity (Wildman–Crippen MR) is 116 cm³/mol. The van der Waals surface area contributed by atoms with Crippen LogP contribution < -0.4 is 10.2 Å². The summed E-state index contributed by atoms with van der Waals surface area (Å²) in [6, 6.07) is 0.181. The van der Waals surface area contributed by atoms with E-state index >= 15 is 0 Å². The van der Waals surface area contributed by atoms with Crippen molar-refractivity contribution in [3.63, 3.8) is 0 Å². The third kappa shape index (κ3) is 4.77. The van der Waals surface area contributed by atoms with E-state index in [-0.39, 0.29) is 17.9 Å². The fourth-order valence-corrected chi connectivity index (χ4v) is 5.83. The molecular weight excluding hydrogens is 402 g/mol. The third-order valence-electron chi connectivity index (χ3n) is 6.71. The fraction of sp³-hybridized carbons (Fsp3) is 0.762. The molecule has 1 aliphatic carbocycles. The van der Waals surface area contributed by atoms with Crippen LogP contribution in [0.4, 0.5) is 5.82 Å². The van der Waals surface area contributed by atoms with Crippen LogP contribution in [0.15, 0.2) is 0 Å². The molecule has 3 aliphatic rings. The Kier molecular flexibility index (Phi) is 6.29. The van der Waals surface area contributed by atoms with Gasteiger partial charge in [-0.15, -0.1) is 0 Å². The maximum absolute atomic E-state index is 12.7. The number of sulfonamides is 1. The van der Waals surface area contributed by atoms with Crippen molar-refractivity contribution in [3.05, 3.63) is 17.1 Å². The first-order valence-corrected chi connectivity index (χ1v) is 13.0. The van der Waals surface area contributed by atoms with Crippen molar-refractivity contribution >= 4 is 21.7 Å². The molecule has 0 spiro atoms. The van der Waals surface area contributed by atoms with E-state index in [1.54, 1.807) is 0 Å². The Morgan fingerprint density at radius 3 is 2.33 bits per heavy atom. The first kappa shape index (κ1) is 21.5. The van der Waals surface area contributed by atoms with Crippen LogP contribution in [0.3, 0.4) is 0 Å². The van der Waals surface area contributed by atoms with Crippen LogP contribution in [0.2, 0.25) is 0 Å². The number of nitrogens with one attached hydrogen (secondary N) is 1. The van der Waals surface area contributed by atoms with E-state index < -0.39 is 10.0 Å². The van der Waals surface area contributed by atoms with Crippen molar-refractivity contribution in [3.8, 4) is 0 Å². The van der Waals surface area contributed by atoms with Gasteiger partial charge in [0.05, 0.1) is 6.26 Å². The van der Waals surface area contributed by atoms with Crippen LogP contribution in [0.1, 0.15) is 55.6 Å². The lowest BCUT2D eigenvalue weighted by Crippen LogP contribution is -2.49. The second-order valence-electron chi connectivity index (χ2n) is 8.93. The molecule has 2 fully saturated rings. The van der Waals surface area contributed by atoms with Gasteiger partial charge in [0, 0.05) is 49.4 Å². The standard InChI is InChI=1S/C21H33N5O3S/c1-15-22-19-6-4-3-5-18(19)20(23-15)25-11-9-17(10-12-25)24-21(27)16-7-13-26(14-8-16)30(2,28)29/h16-17H,3-14H2,1-2H3,(H,24,27).